The average molecular weight is 378 g/mol. The Kier molecular flexibility index (Phi) is 8.12. The molecule has 0 unspecified atom stereocenters. The van der Waals surface area contributed by atoms with Crippen LogP contribution in [0.5, 0.6) is 0 Å². The summed E-state index contributed by atoms with van der Waals surface area (Å²) in [7, 11) is 3.81. The van der Waals surface area contributed by atoms with Crippen LogP contribution in [0.4, 0.5) is 0 Å². The topological polar surface area (TPSA) is 36.8 Å². The molecule has 0 spiro atoms. The molecule has 0 aromatic carbocycles. The van der Waals surface area contributed by atoms with Gasteiger partial charge < -0.3 is 9.64 Å². The summed E-state index contributed by atoms with van der Waals surface area (Å²) < 4.78 is 7.16. The summed E-state index contributed by atoms with van der Waals surface area (Å²) in [4.78, 5) is 7.94. The van der Waals surface area contributed by atoms with Gasteiger partial charge in [-0.25, -0.2) is 0 Å². The second kappa shape index (κ2) is 10.6. The molecule has 0 amide bonds. The molecule has 6 heteroatoms. The van der Waals surface area contributed by atoms with Crippen molar-refractivity contribution in [1.82, 2.24) is 24.5 Å². The average Bonchev–Trinajstić information content (AvgIpc) is 3.29. The van der Waals surface area contributed by atoms with Crippen LogP contribution in [0.3, 0.4) is 0 Å². The molecule has 3 rings (SSSR count). The Hall–Kier alpha value is -0.950. The molecule has 0 N–H and O–H groups in total. The highest BCUT2D eigenvalue weighted by atomic mass is 16.5. The second-order valence-corrected chi connectivity index (χ2v) is 8.42. The first kappa shape index (κ1) is 20.8. The number of hydrogen-bond donors (Lipinski definition) is 0. The minimum Gasteiger partial charge on any atom is -0.383 e. The van der Waals surface area contributed by atoms with E-state index >= 15 is 0 Å². The van der Waals surface area contributed by atoms with E-state index in [4.69, 9.17) is 4.74 Å². The zero-order valence-electron chi connectivity index (χ0n) is 17.6. The van der Waals surface area contributed by atoms with Crippen molar-refractivity contribution < 1.29 is 4.74 Å². The van der Waals surface area contributed by atoms with Crippen LogP contribution >= 0.6 is 0 Å². The fourth-order valence-electron chi connectivity index (χ4n) is 4.81. The lowest BCUT2D eigenvalue weighted by Gasteiger charge is -2.36. The molecule has 6 nitrogen and oxygen atoms in total. The van der Waals surface area contributed by atoms with Crippen LogP contribution in [0.15, 0.2) is 12.4 Å². The number of piperidine rings is 1. The molecule has 0 radical (unpaired) electrons. The lowest BCUT2D eigenvalue weighted by molar-refractivity contribution is 0.0964. The zero-order valence-corrected chi connectivity index (χ0v) is 17.6. The van der Waals surface area contributed by atoms with Crippen molar-refractivity contribution in [1.29, 1.82) is 0 Å². The van der Waals surface area contributed by atoms with Crippen LogP contribution in [-0.4, -0.2) is 90.1 Å². The number of likely N-dealkylation sites (N-methyl/N-ethyl adjacent to an activating group) is 1. The Labute approximate surface area is 165 Å². The molecule has 3 heterocycles. The van der Waals surface area contributed by atoms with Gasteiger partial charge in [0.25, 0.3) is 0 Å². The molecule has 154 valence electrons. The quantitative estimate of drug-likeness (QED) is 0.624. The number of rotatable bonds is 10. The maximum atomic E-state index is 5.24. The predicted molar refractivity (Wildman–Crippen MR) is 110 cm³/mol. The van der Waals surface area contributed by atoms with Gasteiger partial charge in [0.1, 0.15) is 0 Å². The van der Waals surface area contributed by atoms with E-state index in [-0.39, 0.29) is 0 Å². The third kappa shape index (κ3) is 6.28. The van der Waals surface area contributed by atoms with Crippen LogP contribution in [-0.2, 0) is 18.3 Å². The SMILES string of the molecule is CCN1CCC[C@H]1CN(Cc1cnn(C)c1)CC1CCN(CCOC)CC1. The standard InChI is InChI=1S/C21H39N5O/c1-4-26-9-5-6-21(26)18-25(17-20-14-22-23(2)15-20)16-19-7-10-24(11-8-19)12-13-27-3/h14-15,19,21H,4-13,16-18H2,1-3H3/t21-/m0/s1. The number of methoxy groups -OCH3 is 1. The van der Waals surface area contributed by atoms with E-state index in [0.29, 0.717) is 0 Å². The maximum absolute atomic E-state index is 5.24. The van der Waals surface area contributed by atoms with Crippen molar-refractivity contribution in [2.75, 3.05) is 59.5 Å². The fourth-order valence-corrected chi connectivity index (χ4v) is 4.81. The van der Waals surface area contributed by atoms with Gasteiger partial charge in [0.2, 0.25) is 0 Å². The van der Waals surface area contributed by atoms with Crippen LogP contribution in [0.2, 0.25) is 0 Å². The summed E-state index contributed by atoms with van der Waals surface area (Å²) in [5.41, 5.74) is 1.34. The number of nitrogens with zero attached hydrogens (tertiary/aromatic N) is 5. The number of aryl methyl sites for hydroxylation is 1. The van der Waals surface area contributed by atoms with E-state index in [1.807, 2.05) is 17.9 Å². The molecule has 2 saturated heterocycles. The van der Waals surface area contributed by atoms with Gasteiger partial charge >= 0.3 is 0 Å². The monoisotopic (exact) mass is 377 g/mol. The van der Waals surface area contributed by atoms with Gasteiger partial charge in [0, 0.05) is 58.1 Å². The largest absolute Gasteiger partial charge is 0.383 e. The Morgan fingerprint density at radius 3 is 2.67 bits per heavy atom. The summed E-state index contributed by atoms with van der Waals surface area (Å²) in [6.45, 7) is 12.6. The Balaban J connectivity index is 1.54. The summed E-state index contributed by atoms with van der Waals surface area (Å²) in [6.07, 6.45) is 9.55. The van der Waals surface area contributed by atoms with Crippen molar-refractivity contribution in [3.8, 4) is 0 Å². The summed E-state index contributed by atoms with van der Waals surface area (Å²) >= 11 is 0. The first-order chi connectivity index (χ1) is 13.2. The minimum absolute atomic E-state index is 0.730. The lowest BCUT2D eigenvalue weighted by atomic mass is 9.95. The first-order valence-electron chi connectivity index (χ1n) is 10.8. The predicted octanol–water partition coefficient (Wildman–Crippen LogP) is 2.06. The van der Waals surface area contributed by atoms with Crippen LogP contribution in [0.25, 0.3) is 0 Å². The van der Waals surface area contributed by atoms with Gasteiger partial charge in [-0.15, -0.1) is 0 Å². The first-order valence-corrected chi connectivity index (χ1v) is 10.8. The van der Waals surface area contributed by atoms with E-state index in [2.05, 4.69) is 32.9 Å². The second-order valence-electron chi connectivity index (χ2n) is 8.42. The van der Waals surface area contributed by atoms with Crippen LogP contribution < -0.4 is 0 Å². The summed E-state index contributed by atoms with van der Waals surface area (Å²) in [5.74, 6) is 0.817. The Morgan fingerprint density at radius 1 is 1.19 bits per heavy atom. The fraction of sp³-hybridized carbons (Fsp3) is 0.857. The van der Waals surface area contributed by atoms with Crippen molar-refractivity contribution in [3.63, 3.8) is 0 Å². The van der Waals surface area contributed by atoms with Crippen LogP contribution in [0.1, 0.15) is 38.2 Å². The van der Waals surface area contributed by atoms with E-state index < -0.39 is 0 Å². The molecule has 0 saturated carbocycles. The van der Waals surface area contributed by atoms with E-state index in [1.54, 1.807) is 7.11 Å². The van der Waals surface area contributed by atoms with Gasteiger partial charge in [0.05, 0.1) is 12.8 Å². The summed E-state index contributed by atoms with van der Waals surface area (Å²) in [5, 5.41) is 4.38. The van der Waals surface area contributed by atoms with Crippen molar-refractivity contribution in [2.24, 2.45) is 13.0 Å². The minimum atomic E-state index is 0.730. The van der Waals surface area contributed by atoms with Gasteiger partial charge in [-0.2, -0.15) is 5.10 Å². The molecule has 2 aliphatic rings. The van der Waals surface area contributed by atoms with E-state index in [1.165, 1.54) is 70.5 Å². The number of likely N-dealkylation sites (tertiary alicyclic amines) is 2. The smallest absolute Gasteiger partial charge is 0.0589 e. The highest BCUT2D eigenvalue weighted by Gasteiger charge is 2.27. The molecule has 1 aromatic heterocycles. The van der Waals surface area contributed by atoms with Crippen molar-refractivity contribution >= 4 is 0 Å². The molecule has 1 aromatic rings. The zero-order chi connectivity index (χ0) is 19.1. The van der Waals surface area contributed by atoms with Crippen LogP contribution in [0, 0.1) is 5.92 Å². The molecule has 0 bridgehead atoms. The molecular formula is C21H39N5O. The molecule has 2 aliphatic heterocycles. The molecular weight excluding hydrogens is 338 g/mol. The van der Waals surface area contributed by atoms with E-state index in [9.17, 15) is 0 Å². The summed E-state index contributed by atoms with van der Waals surface area (Å²) in [6, 6.07) is 0.730. The van der Waals surface area contributed by atoms with Gasteiger partial charge in [-0.1, -0.05) is 6.92 Å². The Morgan fingerprint density at radius 2 is 2.00 bits per heavy atom. The molecule has 0 aliphatic carbocycles. The Bertz CT molecular complexity index is 540. The third-order valence-corrected chi connectivity index (χ3v) is 6.37. The van der Waals surface area contributed by atoms with Crippen molar-refractivity contribution in [3.05, 3.63) is 18.0 Å². The van der Waals surface area contributed by atoms with Crippen molar-refractivity contribution in [2.45, 2.75) is 45.2 Å². The number of aromatic nitrogens is 2. The molecule has 2 fully saturated rings. The normalized spacial score (nSPS) is 22.9. The van der Waals surface area contributed by atoms with Gasteiger partial charge in [-0.05, 0) is 57.8 Å². The lowest BCUT2D eigenvalue weighted by Crippen LogP contribution is -2.44. The molecule has 27 heavy (non-hydrogen) atoms. The maximum Gasteiger partial charge on any atom is 0.0589 e. The van der Waals surface area contributed by atoms with Gasteiger partial charge in [-0.3, -0.25) is 14.5 Å². The number of ether oxygens (including phenoxy) is 1. The highest BCUT2D eigenvalue weighted by Crippen LogP contribution is 2.23. The molecule has 1 atom stereocenters. The van der Waals surface area contributed by atoms with Gasteiger partial charge in [0.15, 0.2) is 0 Å². The van der Waals surface area contributed by atoms with E-state index in [0.717, 1.165) is 31.7 Å². The highest BCUT2D eigenvalue weighted by molar-refractivity contribution is 5.03. The third-order valence-electron chi connectivity index (χ3n) is 6.37. The number of hydrogen-bond acceptors (Lipinski definition) is 5.